The zero-order valence-electron chi connectivity index (χ0n) is 11.3. The number of hydrogen-bond acceptors (Lipinski definition) is 2. The lowest BCUT2D eigenvalue weighted by Crippen LogP contribution is -2.31. The summed E-state index contributed by atoms with van der Waals surface area (Å²) in [7, 11) is 1.91. The van der Waals surface area contributed by atoms with Crippen LogP contribution in [0.1, 0.15) is 37.8 Å². The predicted molar refractivity (Wildman–Crippen MR) is 73.1 cm³/mol. The molecule has 0 bridgehead atoms. The van der Waals surface area contributed by atoms with Crippen molar-refractivity contribution in [3.05, 3.63) is 35.6 Å². The lowest BCUT2D eigenvalue weighted by molar-refractivity contribution is 0.252. The number of nitrogens with zero attached hydrogens (tertiary/aromatic N) is 1. The van der Waals surface area contributed by atoms with E-state index in [-0.39, 0.29) is 11.9 Å². The van der Waals surface area contributed by atoms with E-state index in [2.05, 4.69) is 17.1 Å². The second kappa shape index (κ2) is 6.30. The molecule has 1 aliphatic heterocycles. The molecule has 2 rings (SSSR count). The van der Waals surface area contributed by atoms with Crippen molar-refractivity contribution >= 4 is 0 Å². The summed E-state index contributed by atoms with van der Waals surface area (Å²) in [6.07, 6.45) is 3.55. The van der Waals surface area contributed by atoms with Gasteiger partial charge in [0.15, 0.2) is 0 Å². The van der Waals surface area contributed by atoms with E-state index in [9.17, 15) is 4.39 Å². The lowest BCUT2D eigenvalue weighted by Gasteiger charge is -2.24. The number of rotatable bonds is 5. The molecule has 2 nitrogen and oxygen atoms in total. The zero-order chi connectivity index (χ0) is 13.0. The molecule has 2 atom stereocenters. The summed E-state index contributed by atoms with van der Waals surface area (Å²) in [6.45, 7) is 4.51. The van der Waals surface area contributed by atoms with E-state index in [4.69, 9.17) is 0 Å². The maximum absolute atomic E-state index is 13.8. The van der Waals surface area contributed by atoms with Crippen LogP contribution in [0.3, 0.4) is 0 Å². The van der Waals surface area contributed by atoms with Crippen LogP contribution in [0, 0.1) is 5.82 Å². The minimum atomic E-state index is -0.105. The molecule has 0 saturated carbocycles. The Bertz CT molecular complexity index is 381. The van der Waals surface area contributed by atoms with Gasteiger partial charge in [0.2, 0.25) is 0 Å². The van der Waals surface area contributed by atoms with Gasteiger partial charge in [-0.1, -0.05) is 18.2 Å². The highest BCUT2D eigenvalue weighted by molar-refractivity contribution is 5.21. The van der Waals surface area contributed by atoms with Gasteiger partial charge in [0, 0.05) is 24.2 Å². The molecule has 1 fully saturated rings. The van der Waals surface area contributed by atoms with Crippen molar-refractivity contribution in [1.29, 1.82) is 0 Å². The van der Waals surface area contributed by atoms with Crippen LogP contribution in [0.4, 0.5) is 4.39 Å². The van der Waals surface area contributed by atoms with E-state index in [0.29, 0.717) is 6.04 Å². The van der Waals surface area contributed by atoms with Crippen molar-refractivity contribution < 1.29 is 4.39 Å². The van der Waals surface area contributed by atoms with Crippen LogP contribution in [-0.2, 0) is 0 Å². The quantitative estimate of drug-likeness (QED) is 0.864. The molecule has 0 radical (unpaired) electrons. The summed E-state index contributed by atoms with van der Waals surface area (Å²) in [6, 6.07) is 7.86. The van der Waals surface area contributed by atoms with E-state index in [1.54, 1.807) is 6.07 Å². The molecule has 1 saturated heterocycles. The molecule has 1 N–H and O–H groups in total. The zero-order valence-corrected chi connectivity index (χ0v) is 11.3. The van der Waals surface area contributed by atoms with Crippen molar-refractivity contribution in [1.82, 2.24) is 10.2 Å². The van der Waals surface area contributed by atoms with Crippen LogP contribution in [0.5, 0.6) is 0 Å². The Morgan fingerprint density at radius 2 is 2.22 bits per heavy atom. The topological polar surface area (TPSA) is 15.3 Å². The summed E-state index contributed by atoms with van der Waals surface area (Å²) in [5, 5.41) is 3.23. The molecule has 18 heavy (non-hydrogen) atoms. The first kappa shape index (κ1) is 13.5. The molecule has 1 aliphatic rings. The highest BCUT2D eigenvalue weighted by Gasteiger charge is 2.21. The van der Waals surface area contributed by atoms with Gasteiger partial charge in [0.25, 0.3) is 0 Å². The summed E-state index contributed by atoms with van der Waals surface area (Å²) < 4.78 is 13.8. The fourth-order valence-electron chi connectivity index (χ4n) is 2.83. The Labute approximate surface area is 109 Å². The van der Waals surface area contributed by atoms with Gasteiger partial charge in [-0.05, 0) is 45.8 Å². The van der Waals surface area contributed by atoms with Gasteiger partial charge in [0.1, 0.15) is 5.82 Å². The predicted octanol–water partition coefficient (Wildman–Crippen LogP) is 2.96. The summed E-state index contributed by atoms with van der Waals surface area (Å²) >= 11 is 0. The second-order valence-electron chi connectivity index (χ2n) is 5.18. The molecule has 1 aromatic carbocycles. The van der Waals surface area contributed by atoms with Crippen molar-refractivity contribution in [2.24, 2.45) is 0 Å². The van der Waals surface area contributed by atoms with Crippen LogP contribution in [0.2, 0.25) is 0 Å². The van der Waals surface area contributed by atoms with Gasteiger partial charge in [-0.15, -0.1) is 0 Å². The maximum Gasteiger partial charge on any atom is 0.127 e. The maximum atomic E-state index is 13.8. The van der Waals surface area contributed by atoms with Crippen molar-refractivity contribution in [2.45, 2.75) is 38.3 Å². The molecular weight excluding hydrogens is 227 g/mol. The monoisotopic (exact) mass is 250 g/mol. The van der Waals surface area contributed by atoms with E-state index in [1.165, 1.54) is 25.5 Å². The number of benzene rings is 1. The Balaban J connectivity index is 1.95. The third-order valence-corrected chi connectivity index (χ3v) is 4.02. The second-order valence-corrected chi connectivity index (χ2v) is 5.18. The van der Waals surface area contributed by atoms with Crippen molar-refractivity contribution in [2.75, 3.05) is 20.1 Å². The molecule has 1 aromatic rings. The molecule has 3 heteroatoms. The molecule has 100 valence electrons. The van der Waals surface area contributed by atoms with Gasteiger partial charge >= 0.3 is 0 Å². The normalized spacial score (nSPS) is 22.3. The number of nitrogens with one attached hydrogen (secondary N) is 1. The Morgan fingerprint density at radius 3 is 2.83 bits per heavy atom. The fraction of sp³-hybridized carbons (Fsp3) is 0.600. The lowest BCUT2D eigenvalue weighted by atomic mass is 10.0. The van der Waals surface area contributed by atoms with Crippen LogP contribution in [0.15, 0.2) is 24.3 Å². The van der Waals surface area contributed by atoms with E-state index < -0.39 is 0 Å². The highest BCUT2D eigenvalue weighted by Crippen LogP contribution is 2.22. The smallest absolute Gasteiger partial charge is 0.127 e. The van der Waals surface area contributed by atoms with Crippen LogP contribution >= 0.6 is 0 Å². The first-order valence-corrected chi connectivity index (χ1v) is 6.88. The van der Waals surface area contributed by atoms with Crippen LogP contribution < -0.4 is 5.32 Å². The number of likely N-dealkylation sites (tertiary alicyclic amines) is 1. The average Bonchev–Trinajstić information content (AvgIpc) is 2.78. The Morgan fingerprint density at radius 1 is 1.44 bits per heavy atom. The van der Waals surface area contributed by atoms with E-state index in [1.807, 2.05) is 19.2 Å². The van der Waals surface area contributed by atoms with Gasteiger partial charge in [0.05, 0.1) is 0 Å². The number of halogens is 1. The van der Waals surface area contributed by atoms with Gasteiger partial charge in [-0.25, -0.2) is 4.39 Å². The summed E-state index contributed by atoms with van der Waals surface area (Å²) in [5.74, 6) is -0.105. The summed E-state index contributed by atoms with van der Waals surface area (Å²) in [4.78, 5) is 2.51. The Kier molecular flexibility index (Phi) is 4.72. The molecule has 2 unspecified atom stereocenters. The molecule has 0 aromatic heterocycles. The molecule has 0 spiro atoms. The van der Waals surface area contributed by atoms with Crippen LogP contribution in [-0.4, -0.2) is 31.1 Å². The first-order chi connectivity index (χ1) is 8.72. The van der Waals surface area contributed by atoms with Crippen LogP contribution in [0.25, 0.3) is 0 Å². The summed E-state index contributed by atoms with van der Waals surface area (Å²) in [5.41, 5.74) is 0.784. The SMILES string of the molecule is CNC(CCN1CCCC1C)c1ccccc1F. The Hall–Kier alpha value is -0.930. The largest absolute Gasteiger partial charge is 0.313 e. The van der Waals surface area contributed by atoms with Gasteiger partial charge in [-0.2, -0.15) is 0 Å². The van der Waals surface area contributed by atoms with Gasteiger partial charge in [-0.3, -0.25) is 0 Å². The molecule has 0 aliphatic carbocycles. The third-order valence-electron chi connectivity index (χ3n) is 4.02. The number of hydrogen-bond donors (Lipinski definition) is 1. The highest BCUT2D eigenvalue weighted by atomic mass is 19.1. The molecular formula is C15H23FN2. The fourth-order valence-corrected chi connectivity index (χ4v) is 2.83. The van der Waals surface area contributed by atoms with Crippen molar-refractivity contribution in [3.63, 3.8) is 0 Å². The van der Waals surface area contributed by atoms with E-state index in [0.717, 1.165) is 18.5 Å². The third kappa shape index (κ3) is 3.09. The standard InChI is InChI=1S/C15H23FN2/c1-12-6-5-10-18(12)11-9-15(17-2)13-7-3-4-8-14(13)16/h3-4,7-8,12,15,17H,5-6,9-11H2,1-2H3. The minimum absolute atomic E-state index is 0.105. The average molecular weight is 250 g/mol. The molecule has 0 amide bonds. The van der Waals surface area contributed by atoms with Crippen molar-refractivity contribution in [3.8, 4) is 0 Å². The van der Waals surface area contributed by atoms with E-state index >= 15 is 0 Å². The van der Waals surface area contributed by atoms with Gasteiger partial charge < -0.3 is 10.2 Å². The molecule has 1 heterocycles. The minimum Gasteiger partial charge on any atom is -0.313 e. The first-order valence-electron chi connectivity index (χ1n) is 6.88.